The summed E-state index contributed by atoms with van der Waals surface area (Å²) < 4.78 is 2.04. The van der Waals surface area contributed by atoms with E-state index in [2.05, 4.69) is 50.8 Å². The molecule has 0 aliphatic carbocycles. The van der Waals surface area contributed by atoms with Gasteiger partial charge in [-0.2, -0.15) is 0 Å². The van der Waals surface area contributed by atoms with Crippen molar-refractivity contribution in [3.8, 4) is 0 Å². The molecular weight excluding hydrogens is 644 g/mol. The van der Waals surface area contributed by atoms with E-state index in [1.807, 2.05) is 16.7 Å². The number of imidazole rings is 1. The zero-order valence-corrected chi connectivity index (χ0v) is 25.1. The number of pyridine rings is 1. The van der Waals surface area contributed by atoms with Gasteiger partial charge in [0.2, 0.25) is 5.95 Å². The predicted octanol–water partition coefficient (Wildman–Crippen LogP) is -0.351. The van der Waals surface area contributed by atoms with Crippen molar-refractivity contribution >= 4 is 58.9 Å². The molecule has 20 nitrogen and oxygen atoms in total. The van der Waals surface area contributed by atoms with Crippen molar-refractivity contribution in [2.75, 3.05) is 31.5 Å². The molecule has 0 amide bonds. The van der Waals surface area contributed by atoms with Crippen LogP contribution in [-0.2, 0) is 46.7 Å². The van der Waals surface area contributed by atoms with Crippen LogP contribution >= 0.6 is 0 Å². The Bertz CT molecular complexity index is 1460. The lowest BCUT2D eigenvalue weighted by Gasteiger charge is -2.32. The van der Waals surface area contributed by atoms with Gasteiger partial charge >= 0.3 is 41.8 Å². The maximum Gasteiger partial charge on any atom is 0.414 e. The summed E-state index contributed by atoms with van der Waals surface area (Å²) >= 11 is 0. The largest absolute Gasteiger partial charge is 0.480 e. The van der Waals surface area contributed by atoms with Crippen LogP contribution in [-0.4, -0.2) is 129 Å². The number of nitrogens with one attached hydrogen (secondary N) is 2. The van der Waals surface area contributed by atoms with E-state index in [0.29, 0.717) is 19.1 Å². The highest BCUT2D eigenvalue weighted by Gasteiger charge is 2.22. The van der Waals surface area contributed by atoms with E-state index in [0.717, 1.165) is 49.6 Å². The van der Waals surface area contributed by atoms with Gasteiger partial charge in [0, 0.05) is 45.0 Å². The Morgan fingerprint density at radius 1 is 0.729 bits per heavy atom. The molecule has 1 aromatic carbocycles. The van der Waals surface area contributed by atoms with Gasteiger partial charge in [-0.05, 0) is 30.5 Å². The summed E-state index contributed by atoms with van der Waals surface area (Å²) in [5.74, 6) is -11.0. The molecule has 0 unspecified atom stereocenters. The van der Waals surface area contributed by atoms with Gasteiger partial charge in [0.25, 0.3) is 0 Å². The highest BCUT2D eigenvalue weighted by Crippen LogP contribution is 2.21. The Morgan fingerprint density at radius 3 is 1.73 bits per heavy atom. The first kappa shape index (κ1) is 39.9. The average Bonchev–Trinajstić information content (AvgIpc) is 3.38. The summed E-state index contributed by atoms with van der Waals surface area (Å²) in [6.07, 6.45) is 3.87. The lowest BCUT2D eigenvalue weighted by molar-refractivity contribution is -0.159. The van der Waals surface area contributed by atoms with E-state index in [9.17, 15) is 4.79 Å². The Morgan fingerprint density at radius 2 is 1.25 bits per heavy atom. The number of aromatic nitrogens is 3. The average molecular weight is 679 g/mol. The van der Waals surface area contributed by atoms with Gasteiger partial charge in [-0.1, -0.05) is 30.3 Å². The number of carbonyl (C=O) groups is 7. The van der Waals surface area contributed by atoms with Crippen molar-refractivity contribution in [3.63, 3.8) is 0 Å². The molecule has 20 heteroatoms. The highest BCUT2D eigenvalue weighted by atomic mass is 16.5. The molecule has 4 rings (SSSR count). The first-order valence-corrected chi connectivity index (χ1v) is 13.8. The summed E-state index contributed by atoms with van der Waals surface area (Å²) in [5, 5.41) is 59.7. The Hall–Kier alpha value is -6.15. The maximum absolute atomic E-state index is 10.7. The van der Waals surface area contributed by atoms with E-state index < -0.39 is 41.8 Å². The molecule has 1 aliphatic rings. The predicted molar refractivity (Wildman–Crippen MR) is 162 cm³/mol. The fraction of sp³-hybridized carbons (Fsp3) is 0.321. The summed E-state index contributed by atoms with van der Waals surface area (Å²) in [5.41, 5.74) is 3.02. The van der Waals surface area contributed by atoms with E-state index in [1.54, 1.807) is 6.20 Å². The normalized spacial score (nSPS) is 12.4. The van der Waals surface area contributed by atoms with Crippen LogP contribution in [0.4, 0.5) is 5.95 Å². The fourth-order valence-electron chi connectivity index (χ4n) is 3.93. The summed E-state index contributed by atoms with van der Waals surface area (Å²) in [6, 6.07) is 14.8. The molecule has 1 saturated heterocycles. The molecule has 260 valence electrons. The van der Waals surface area contributed by atoms with Gasteiger partial charge in [0.15, 0.2) is 5.65 Å². The molecule has 0 saturated carbocycles. The SMILES string of the molecule is O=C(O)C(=O)O.O=C(O)C(=O)O.O=C(O)C(=O)O.O=C(O)CNCCn1c(NC2CCN(Cc3ccccc3)CC2)nc2cccnc21. The van der Waals surface area contributed by atoms with Crippen LogP contribution in [0.1, 0.15) is 18.4 Å². The zero-order chi connectivity index (χ0) is 36.2. The molecule has 1 fully saturated rings. The molecule has 0 spiro atoms. The highest BCUT2D eigenvalue weighted by molar-refractivity contribution is 6.28. The number of hydrogen-bond acceptors (Lipinski definition) is 12. The Kier molecular flexibility index (Phi) is 17.3. The summed E-state index contributed by atoms with van der Waals surface area (Å²) in [4.78, 5) is 77.0. The van der Waals surface area contributed by atoms with E-state index in [4.69, 9.17) is 69.5 Å². The zero-order valence-electron chi connectivity index (χ0n) is 25.1. The quantitative estimate of drug-likeness (QED) is 0.103. The second kappa shape index (κ2) is 20.8. The van der Waals surface area contributed by atoms with Crippen LogP contribution in [0.5, 0.6) is 0 Å². The minimum Gasteiger partial charge on any atom is -0.480 e. The van der Waals surface area contributed by atoms with Gasteiger partial charge in [-0.15, -0.1) is 0 Å². The molecule has 0 bridgehead atoms. The Balaban J connectivity index is 0.000000526. The number of fused-ring (bicyclic) bond motifs is 1. The number of likely N-dealkylation sites (tertiary alicyclic amines) is 1. The summed E-state index contributed by atoms with van der Waals surface area (Å²) in [7, 11) is 0. The first-order chi connectivity index (χ1) is 22.6. The molecule has 0 atom stereocenters. The molecule has 48 heavy (non-hydrogen) atoms. The van der Waals surface area contributed by atoms with Crippen molar-refractivity contribution in [2.24, 2.45) is 0 Å². The van der Waals surface area contributed by atoms with Gasteiger partial charge in [-0.25, -0.2) is 38.7 Å². The van der Waals surface area contributed by atoms with Crippen LogP contribution < -0.4 is 10.6 Å². The fourth-order valence-corrected chi connectivity index (χ4v) is 3.93. The van der Waals surface area contributed by atoms with Gasteiger partial charge in [-0.3, -0.25) is 14.3 Å². The van der Waals surface area contributed by atoms with E-state index in [1.165, 1.54) is 5.56 Å². The third kappa shape index (κ3) is 15.7. The molecule has 9 N–H and O–H groups in total. The number of carboxylic acids is 7. The van der Waals surface area contributed by atoms with Crippen LogP contribution in [0.15, 0.2) is 48.7 Å². The third-order valence-electron chi connectivity index (χ3n) is 6.01. The Labute approximate surface area is 270 Å². The molecule has 2 aromatic heterocycles. The maximum atomic E-state index is 10.7. The minimum atomic E-state index is -1.82. The van der Waals surface area contributed by atoms with Crippen molar-refractivity contribution in [3.05, 3.63) is 54.2 Å². The molecule has 3 heterocycles. The minimum absolute atomic E-state index is 0.0529. The van der Waals surface area contributed by atoms with Crippen molar-refractivity contribution < 1.29 is 69.3 Å². The number of anilines is 1. The molecule has 3 aromatic rings. The van der Waals surface area contributed by atoms with Crippen molar-refractivity contribution in [1.82, 2.24) is 24.8 Å². The second-order valence-electron chi connectivity index (χ2n) is 9.51. The van der Waals surface area contributed by atoms with Crippen LogP contribution in [0.3, 0.4) is 0 Å². The molecular formula is C28H34N6O14. The van der Waals surface area contributed by atoms with Gasteiger partial charge < -0.3 is 46.4 Å². The standard InChI is InChI=1S/C22H28N6O2.3C2H2O4/c29-20(30)15-23-11-14-28-21-19(7-4-10-24-21)26-22(28)25-18-8-12-27(13-9-18)16-17-5-2-1-3-6-17;3*3-1(4)2(5)6/h1-7,10,18,23H,8-9,11-16H2,(H,25,26)(H,29,30);3*(H,3,4)(H,5,6). The number of aliphatic carboxylic acids is 7. The second-order valence-corrected chi connectivity index (χ2v) is 9.51. The first-order valence-electron chi connectivity index (χ1n) is 13.8. The van der Waals surface area contributed by atoms with E-state index >= 15 is 0 Å². The van der Waals surface area contributed by atoms with Crippen molar-refractivity contribution in [1.29, 1.82) is 0 Å². The van der Waals surface area contributed by atoms with Crippen LogP contribution in [0.2, 0.25) is 0 Å². The smallest absolute Gasteiger partial charge is 0.414 e. The lowest BCUT2D eigenvalue weighted by atomic mass is 10.0. The molecule has 0 radical (unpaired) electrons. The van der Waals surface area contributed by atoms with Crippen molar-refractivity contribution in [2.45, 2.75) is 32.0 Å². The molecule has 1 aliphatic heterocycles. The van der Waals surface area contributed by atoms with Crippen LogP contribution in [0, 0.1) is 0 Å². The number of nitrogens with zero attached hydrogens (tertiary/aromatic N) is 4. The number of benzene rings is 1. The number of rotatable bonds is 9. The monoisotopic (exact) mass is 678 g/mol. The van der Waals surface area contributed by atoms with Crippen LogP contribution in [0.25, 0.3) is 11.2 Å². The lowest BCUT2D eigenvalue weighted by Crippen LogP contribution is -2.39. The summed E-state index contributed by atoms with van der Waals surface area (Å²) in [6.45, 7) is 4.18. The van der Waals surface area contributed by atoms with Gasteiger partial charge in [0.05, 0.1) is 6.54 Å². The number of piperidine rings is 1. The number of carboxylic acid groups (broad SMARTS) is 7. The van der Waals surface area contributed by atoms with Gasteiger partial charge in [0.1, 0.15) is 5.52 Å². The third-order valence-corrected chi connectivity index (χ3v) is 6.01. The number of hydrogen-bond donors (Lipinski definition) is 9. The topological polar surface area (TPSA) is 319 Å². The van der Waals surface area contributed by atoms with E-state index in [-0.39, 0.29) is 6.54 Å².